The van der Waals surface area contributed by atoms with Gasteiger partial charge in [0.05, 0.1) is 7.11 Å². The molecule has 0 heterocycles. The molecule has 0 spiro atoms. The molecule has 82 valence electrons. The highest BCUT2D eigenvalue weighted by atomic mass is 79.9. The van der Waals surface area contributed by atoms with Gasteiger partial charge in [0.1, 0.15) is 12.4 Å². The minimum absolute atomic E-state index is 0.117. The molecule has 1 atom stereocenters. The lowest BCUT2D eigenvalue weighted by molar-refractivity contribution is -0.151. The van der Waals surface area contributed by atoms with Gasteiger partial charge >= 0.3 is 5.97 Å². The quantitative estimate of drug-likeness (QED) is 0.843. The number of carbonyl (C=O) groups is 1. The maximum absolute atomic E-state index is 10.8. The molecule has 0 fully saturated rings. The Labute approximate surface area is 95.9 Å². The third-order valence-corrected chi connectivity index (χ3v) is 2.22. The van der Waals surface area contributed by atoms with Gasteiger partial charge in [0, 0.05) is 4.47 Å². The summed E-state index contributed by atoms with van der Waals surface area (Å²) in [5.41, 5.74) is 0. The number of aliphatic hydroxyl groups excluding tert-OH is 1. The highest BCUT2D eigenvalue weighted by Crippen LogP contribution is 2.16. The second-order valence-electron chi connectivity index (χ2n) is 2.80. The van der Waals surface area contributed by atoms with Crippen molar-refractivity contribution in [2.24, 2.45) is 0 Å². The number of ether oxygens (including phenoxy) is 2. The molecule has 5 heteroatoms. The minimum Gasteiger partial charge on any atom is -0.490 e. The van der Waals surface area contributed by atoms with Crippen molar-refractivity contribution in [2.45, 2.75) is 6.10 Å². The fourth-order valence-electron chi connectivity index (χ4n) is 0.910. The van der Waals surface area contributed by atoms with E-state index in [9.17, 15) is 9.90 Å². The Hall–Kier alpha value is -1.07. The van der Waals surface area contributed by atoms with Crippen LogP contribution in [-0.4, -0.2) is 30.9 Å². The summed E-state index contributed by atoms with van der Waals surface area (Å²) in [6.07, 6.45) is -1.25. The zero-order valence-electron chi connectivity index (χ0n) is 8.14. The molecule has 1 aromatic carbocycles. The number of esters is 1. The first-order valence-electron chi connectivity index (χ1n) is 4.27. The first kappa shape index (κ1) is 12.0. The fraction of sp³-hybridized carbons (Fsp3) is 0.300. The van der Waals surface area contributed by atoms with Crippen molar-refractivity contribution in [3.8, 4) is 5.75 Å². The molecule has 1 unspecified atom stereocenters. The van der Waals surface area contributed by atoms with Crippen molar-refractivity contribution >= 4 is 21.9 Å². The van der Waals surface area contributed by atoms with Crippen LogP contribution in [0.5, 0.6) is 5.75 Å². The third kappa shape index (κ3) is 3.89. The largest absolute Gasteiger partial charge is 0.490 e. The van der Waals surface area contributed by atoms with Crippen LogP contribution in [0.3, 0.4) is 0 Å². The topological polar surface area (TPSA) is 55.8 Å². The van der Waals surface area contributed by atoms with Crippen molar-refractivity contribution in [1.29, 1.82) is 0 Å². The molecule has 0 aliphatic heterocycles. The summed E-state index contributed by atoms with van der Waals surface area (Å²) in [4.78, 5) is 10.8. The van der Waals surface area contributed by atoms with Crippen LogP contribution in [-0.2, 0) is 9.53 Å². The van der Waals surface area contributed by atoms with Gasteiger partial charge in [-0.1, -0.05) is 15.9 Å². The minimum atomic E-state index is -1.25. The molecular weight excluding hydrogens is 264 g/mol. The third-order valence-electron chi connectivity index (χ3n) is 1.69. The molecule has 0 saturated carbocycles. The average Bonchev–Trinajstić information content (AvgIpc) is 2.26. The summed E-state index contributed by atoms with van der Waals surface area (Å²) in [6, 6.07) is 7.07. The number of hydrogen-bond donors (Lipinski definition) is 1. The predicted octanol–water partition coefficient (Wildman–Crippen LogP) is 1.36. The zero-order chi connectivity index (χ0) is 11.3. The molecule has 1 aromatic rings. The van der Waals surface area contributed by atoms with E-state index >= 15 is 0 Å². The Bertz CT molecular complexity index is 323. The lowest BCUT2D eigenvalue weighted by Crippen LogP contribution is -2.28. The van der Waals surface area contributed by atoms with E-state index in [-0.39, 0.29) is 6.61 Å². The smallest absolute Gasteiger partial charge is 0.338 e. The second-order valence-corrected chi connectivity index (χ2v) is 3.72. The van der Waals surface area contributed by atoms with Crippen LogP contribution >= 0.6 is 15.9 Å². The number of methoxy groups -OCH3 is 1. The highest BCUT2D eigenvalue weighted by molar-refractivity contribution is 9.10. The molecule has 1 N–H and O–H groups in total. The Morgan fingerprint density at radius 1 is 1.47 bits per heavy atom. The molecule has 0 bridgehead atoms. The second kappa shape index (κ2) is 5.72. The normalized spacial score (nSPS) is 11.9. The molecule has 0 aliphatic carbocycles. The molecule has 0 aliphatic rings. The Balaban J connectivity index is 2.43. The van der Waals surface area contributed by atoms with Gasteiger partial charge < -0.3 is 14.6 Å². The summed E-state index contributed by atoms with van der Waals surface area (Å²) in [5, 5.41) is 9.22. The molecule has 0 aromatic heterocycles. The van der Waals surface area contributed by atoms with Crippen LogP contribution in [0.2, 0.25) is 0 Å². The van der Waals surface area contributed by atoms with Gasteiger partial charge in [0.2, 0.25) is 0 Å². The molecule has 0 radical (unpaired) electrons. The van der Waals surface area contributed by atoms with E-state index in [2.05, 4.69) is 20.7 Å². The summed E-state index contributed by atoms with van der Waals surface area (Å²) in [6.45, 7) is -0.117. The number of rotatable bonds is 4. The van der Waals surface area contributed by atoms with Crippen molar-refractivity contribution in [3.05, 3.63) is 28.7 Å². The van der Waals surface area contributed by atoms with Crippen LogP contribution in [0.4, 0.5) is 0 Å². The van der Waals surface area contributed by atoms with Gasteiger partial charge in [-0.2, -0.15) is 0 Å². The van der Waals surface area contributed by atoms with E-state index in [1.807, 2.05) is 0 Å². The molecule has 15 heavy (non-hydrogen) atoms. The summed E-state index contributed by atoms with van der Waals surface area (Å²) in [5.74, 6) is -0.117. The van der Waals surface area contributed by atoms with Crippen LogP contribution in [0.1, 0.15) is 0 Å². The predicted molar refractivity (Wildman–Crippen MR) is 57.7 cm³/mol. The number of carbonyl (C=O) groups excluding carboxylic acids is 1. The maximum atomic E-state index is 10.8. The Morgan fingerprint density at radius 2 is 2.07 bits per heavy atom. The van der Waals surface area contributed by atoms with E-state index in [1.165, 1.54) is 7.11 Å². The van der Waals surface area contributed by atoms with Crippen molar-refractivity contribution in [1.82, 2.24) is 0 Å². The van der Waals surface area contributed by atoms with E-state index in [4.69, 9.17) is 4.74 Å². The van der Waals surface area contributed by atoms with Gasteiger partial charge in [-0.3, -0.25) is 0 Å². The van der Waals surface area contributed by atoms with Crippen molar-refractivity contribution in [2.75, 3.05) is 13.7 Å². The standard InChI is InChI=1S/C10H11BrO4/c1-14-10(13)9(12)6-15-8-4-2-7(11)3-5-8/h2-5,9,12H,6H2,1H3. The molecule has 1 rings (SSSR count). The lowest BCUT2D eigenvalue weighted by Gasteiger charge is -2.10. The fourth-order valence-corrected chi connectivity index (χ4v) is 1.17. The summed E-state index contributed by atoms with van der Waals surface area (Å²) < 4.78 is 10.5. The SMILES string of the molecule is COC(=O)C(O)COc1ccc(Br)cc1. The Kier molecular flexibility index (Phi) is 4.58. The number of halogens is 1. The van der Waals surface area contributed by atoms with E-state index < -0.39 is 12.1 Å². The molecule has 4 nitrogen and oxygen atoms in total. The monoisotopic (exact) mass is 274 g/mol. The van der Waals surface area contributed by atoms with Gasteiger partial charge in [-0.05, 0) is 24.3 Å². The average molecular weight is 275 g/mol. The van der Waals surface area contributed by atoms with Crippen molar-refractivity contribution in [3.63, 3.8) is 0 Å². The first-order valence-corrected chi connectivity index (χ1v) is 5.07. The molecule has 0 saturated heterocycles. The number of aliphatic hydroxyl groups is 1. The van der Waals surface area contributed by atoms with Gasteiger partial charge in [-0.15, -0.1) is 0 Å². The maximum Gasteiger partial charge on any atom is 0.338 e. The zero-order valence-corrected chi connectivity index (χ0v) is 9.73. The molecular formula is C10H11BrO4. The Morgan fingerprint density at radius 3 is 2.60 bits per heavy atom. The van der Waals surface area contributed by atoms with Crippen LogP contribution in [0.15, 0.2) is 28.7 Å². The van der Waals surface area contributed by atoms with Gasteiger partial charge in [-0.25, -0.2) is 4.79 Å². The van der Waals surface area contributed by atoms with Gasteiger partial charge in [0.25, 0.3) is 0 Å². The first-order chi connectivity index (χ1) is 7.13. The number of benzene rings is 1. The molecule has 0 amide bonds. The van der Waals surface area contributed by atoms with E-state index in [0.717, 1.165) is 4.47 Å². The van der Waals surface area contributed by atoms with E-state index in [0.29, 0.717) is 5.75 Å². The van der Waals surface area contributed by atoms with Crippen molar-refractivity contribution < 1.29 is 19.4 Å². The highest BCUT2D eigenvalue weighted by Gasteiger charge is 2.15. The lowest BCUT2D eigenvalue weighted by atomic mass is 10.3. The summed E-state index contributed by atoms with van der Waals surface area (Å²) >= 11 is 3.28. The van der Waals surface area contributed by atoms with Crippen LogP contribution in [0.25, 0.3) is 0 Å². The van der Waals surface area contributed by atoms with Crippen LogP contribution in [0, 0.1) is 0 Å². The summed E-state index contributed by atoms with van der Waals surface area (Å²) in [7, 11) is 1.21. The number of hydrogen-bond acceptors (Lipinski definition) is 4. The van der Waals surface area contributed by atoms with E-state index in [1.54, 1.807) is 24.3 Å². The van der Waals surface area contributed by atoms with Crippen LogP contribution < -0.4 is 4.74 Å². The van der Waals surface area contributed by atoms with Gasteiger partial charge in [0.15, 0.2) is 6.10 Å².